The highest BCUT2D eigenvalue weighted by Gasteiger charge is 2.18. The van der Waals surface area contributed by atoms with E-state index in [0.717, 1.165) is 49.2 Å². The molecule has 0 unspecified atom stereocenters. The number of nitrogens with zero attached hydrogens (tertiary/aromatic N) is 3. The average Bonchev–Trinajstić information content (AvgIpc) is 2.67. The van der Waals surface area contributed by atoms with Gasteiger partial charge in [-0.3, -0.25) is 9.69 Å². The standard InChI is InChI=1S/C21H23N3O/c1-22-20-10-6-5-7-17(20)15-18(21(22)25)16-23-11-13-24(14-12-23)19-8-3-2-4-9-19/h2-10,15H,11-14,16H2,1H3. The molecule has 128 valence electrons. The second kappa shape index (κ2) is 6.73. The second-order valence-corrected chi connectivity index (χ2v) is 6.69. The van der Waals surface area contributed by atoms with Gasteiger partial charge in [0.15, 0.2) is 0 Å². The van der Waals surface area contributed by atoms with E-state index in [1.165, 1.54) is 5.69 Å². The second-order valence-electron chi connectivity index (χ2n) is 6.69. The van der Waals surface area contributed by atoms with Crippen molar-refractivity contribution in [1.29, 1.82) is 0 Å². The number of para-hydroxylation sites is 2. The minimum Gasteiger partial charge on any atom is -0.369 e. The van der Waals surface area contributed by atoms with Crippen molar-refractivity contribution in [3.05, 3.63) is 76.6 Å². The largest absolute Gasteiger partial charge is 0.369 e. The molecule has 0 amide bonds. The van der Waals surface area contributed by atoms with E-state index in [1.807, 2.05) is 25.2 Å². The summed E-state index contributed by atoms with van der Waals surface area (Å²) in [5.41, 5.74) is 3.27. The van der Waals surface area contributed by atoms with Crippen LogP contribution in [0.5, 0.6) is 0 Å². The molecule has 1 saturated heterocycles. The minimum absolute atomic E-state index is 0.115. The van der Waals surface area contributed by atoms with E-state index in [0.29, 0.717) is 0 Å². The van der Waals surface area contributed by atoms with Crippen LogP contribution in [-0.4, -0.2) is 35.6 Å². The molecule has 1 aromatic heterocycles. The summed E-state index contributed by atoms with van der Waals surface area (Å²) in [4.78, 5) is 17.5. The molecule has 1 aliphatic rings. The number of anilines is 1. The molecule has 2 heterocycles. The molecule has 0 spiro atoms. The van der Waals surface area contributed by atoms with Crippen molar-refractivity contribution in [2.45, 2.75) is 6.54 Å². The minimum atomic E-state index is 0.115. The normalized spacial score (nSPS) is 15.6. The van der Waals surface area contributed by atoms with E-state index in [2.05, 4.69) is 52.3 Å². The molecule has 0 saturated carbocycles. The molecular weight excluding hydrogens is 310 g/mol. The van der Waals surface area contributed by atoms with E-state index >= 15 is 0 Å². The van der Waals surface area contributed by atoms with E-state index in [9.17, 15) is 4.79 Å². The molecule has 1 aliphatic heterocycles. The van der Waals surface area contributed by atoms with Crippen molar-refractivity contribution in [2.24, 2.45) is 7.05 Å². The Bertz CT molecular complexity index is 925. The van der Waals surface area contributed by atoms with Crippen LogP contribution in [0.15, 0.2) is 65.5 Å². The number of pyridine rings is 1. The summed E-state index contributed by atoms with van der Waals surface area (Å²) in [5, 5.41) is 1.13. The number of hydrogen-bond acceptors (Lipinski definition) is 3. The monoisotopic (exact) mass is 333 g/mol. The van der Waals surface area contributed by atoms with Crippen LogP contribution in [0.1, 0.15) is 5.56 Å². The maximum absolute atomic E-state index is 12.7. The Kier molecular flexibility index (Phi) is 4.28. The Morgan fingerprint density at radius 2 is 1.56 bits per heavy atom. The van der Waals surface area contributed by atoms with Gasteiger partial charge in [-0.05, 0) is 29.7 Å². The first-order valence-electron chi connectivity index (χ1n) is 8.82. The summed E-state index contributed by atoms with van der Waals surface area (Å²) in [6.07, 6.45) is 0. The molecule has 4 nitrogen and oxygen atoms in total. The van der Waals surface area contributed by atoms with Crippen LogP contribution >= 0.6 is 0 Å². The first-order chi connectivity index (χ1) is 12.2. The summed E-state index contributed by atoms with van der Waals surface area (Å²) in [6, 6.07) is 20.7. The number of rotatable bonds is 3. The van der Waals surface area contributed by atoms with Gasteiger partial charge in [-0.1, -0.05) is 36.4 Å². The van der Waals surface area contributed by atoms with Crippen LogP contribution in [0, 0.1) is 0 Å². The van der Waals surface area contributed by atoms with E-state index < -0.39 is 0 Å². The Morgan fingerprint density at radius 1 is 0.880 bits per heavy atom. The van der Waals surface area contributed by atoms with Crippen molar-refractivity contribution >= 4 is 16.6 Å². The molecule has 0 N–H and O–H groups in total. The summed E-state index contributed by atoms with van der Waals surface area (Å²) in [5.74, 6) is 0. The molecule has 25 heavy (non-hydrogen) atoms. The summed E-state index contributed by atoms with van der Waals surface area (Å²) < 4.78 is 1.77. The summed E-state index contributed by atoms with van der Waals surface area (Å²) >= 11 is 0. The highest BCUT2D eigenvalue weighted by molar-refractivity contribution is 5.79. The Labute approximate surface area is 147 Å². The summed E-state index contributed by atoms with van der Waals surface area (Å²) in [6.45, 7) is 4.67. The zero-order chi connectivity index (χ0) is 17.2. The highest BCUT2D eigenvalue weighted by atomic mass is 16.1. The molecule has 0 aliphatic carbocycles. The van der Waals surface area contributed by atoms with Crippen molar-refractivity contribution < 1.29 is 0 Å². The van der Waals surface area contributed by atoms with Crippen molar-refractivity contribution in [2.75, 3.05) is 31.1 Å². The Morgan fingerprint density at radius 3 is 2.32 bits per heavy atom. The van der Waals surface area contributed by atoms with Crippen LogP contribution < -0.4 is 10.5 Å². The lowest BCUT2D eigenvalue weighted by Gasteiger charge is -2.36. The van der Waals surface area contributed by atoms with Gasteiger partial charge in [0.05, 0.1) is 5.52 Å². The SMILES string of the molecule is Cn1c(=O)c(CN2CCN(c3ccccc3)CC2)cc2ccccc21. The predicted molar refractivity (Wildman–Crippen MR) is 103 cm³/mol. The van der Waals surface area contributed by atoms with Gasteiger partial charge in [0.1, 0.15) is 0 Å². The molecule has 3 aromatic rings. The third-order valence-electron chi connectivity index (χ3n) is 5.09. The molecule has 2 aromatic carbocycles. The van der Waals surface area contributed by atoms with Crippen LogP contribution in [0.2, 0.25) is 0 Å². The van der Waals surface area contributed by atoms with Gasteiger partial charge >= 0.3 is 0 Å². The Hall–Kier alpha value is -2.59. The van der Waals surface area contributed by atoms with Gasteiger partial charge in [0.25, 0.3) is 5.56 Å². The van der Waals surface area contributed by atoms with E-state index in [4.69, 9.17) is 0 Å². The first kappa shape index (κ1) is 15.9. The molecule has 0 atom stereocenters. The maximum Gasteiger partial charge on any atom is 0.255 e. The first-order valence-corrected chi connectivity index (χ1v) is 8.82. The van der Waals surface area contributed by atoms with Crippen molar-refractivity contribution in [3.8, 4) is 0 Å². The smallest absolute Gasteiger partial charge is 0.255 e. The third kappa shape index (κ3) is 3.17. The van der Waals surface area contributed by atoms with Crippen molar-refractivity contribution in [3.63, 3.8) is 0 Å². The average molecular weight is 333 g/mol. The van der Waals surface area contributed by atoms with Gasteiger partial charge < -0.3 is 9.47 Å². The van der Waals surface area contributed by atoms with Crippen LogP contribution in [-0.2, 0) is 13.6 Å². The number of aromatic nitrogens is 1. The van der Waals surface area contributed by atoms with Crippen LogP contribution in [0.3, 0.4) is 0 Å². The Balaban J connectivity index is 1.50. The molecule has 0 bridgehead atoms. The zero-order valence-electron chi connectivity index (χ0n) is 14.6. The number of hydrogen-bond donors (Lipinski definition) is 0. The quantitative estimate of drug-likeness (QED) is 0.738. The molecular formula is C21H23N3O. The van der Waals surface area contributed by atoms with Gasteiger partial charge in [-0.15, -0.1) is 0 Å². The van der Waals surface area contributed by atoms with Crippen LogP contribution in [0.25, 0.3) is 10.9 Å². The molecule has 4 rings (SSSR count). The zero-order valence-corrected chi connectivity index (χ0v) is 14.6. The predicted octanol–water partition coefficient (Wildman–Crippen LogP) is 2.86. The van der Waals surface area contributed by atoms with Crippen molar-refractivity contribution in [1.82, 2.24) is 9.47 Å². The van der Waals surface area contributed by atoms with E-state index in [-0.39, 0.29) is 5.56 Å². The van der Waals surface area contributed by atoms with E-state index in [1.54, 1.807) is 4.57 Å². The lowest BCUT2D eigenvalue weighted by Crippen LogP contribution is -2.46. The molecule has 4 heteroatoms. The molecule has 0 radical (unpaired) electrons. The maximum atomic E-state index is 12.7. The lowest BCUT2D eigenvalue weighted by atomic mass is 10.1. The van der Waals surface area contributed by atoms with Gasteiger partial charge in [-0.25, -0.2) is 0 Å². The summed E-state index contributed by atoms with van der Waals surface area (Å²) in [7, 11) is 1.86. The molecule has 1 fully saturated rings. The topological polar surface area (TPSA) is 28.5 Å². The third-order valence-corrected chi connectivity index (χ3v) is 5.09. The number of fused-ring (bicyclic) bond motifs is 1. The van der Waals surface area contributed by atoms with Gasteiger partial charge in [-0.2, -0.15) is 0 Å². The highest BCUT2D eigenvalue weighted by Crippen LogP contribution is 2.17. The fourth-order valence-electron chi connectivity index (χ4n) is 3.65. The fourth-order valence-corrected chi connectivity index (χ4v) is 3.65. The number of benzene rings is 2. The number of aryl methyl sites for hydroxylation is 1. The van der Waals surface area contributed by atoms with Gasteiger partial charge in [0.2, 0.25) is 0 Å². The van der Waals surface area contributed by atoms with Gasteiger partial charge in [0, 0.05) is 51.0 Å². The van der Waals surface area contributed by atoms with Crippen LogP contribution in [0.4, 0.5) is 5.69 Å². The fraction of sp³-hybridized carbons (Fsp3) is 0.286. The lowest BCUT2D eigenvalue weighted by molar-refractivity contribution is 0.248. The number of piperazine rings is 1.